The van der Waals surface area contributed by atoms with E-state index >= 15 is 0 Å². The van der Waals surface area contributed by atoms with Gasteiger partial charge in [0.15, 0.2) is 0 Å². The summed E-state index contributed by atoms with van der Waals surface area (Å²) < 4.78 is 0. The number of nitrogens with zero attached hydrogens (tertiary/aromatic N) is 1. The number of benzene rings is 1. The largest absolute Gasteiger partial charge is 0.339 e. The highest BCUT2D eigenvalue weighted by molar-refractivity contribution is 6.31. The summed E-state index contributed by atoms with van der Waals surface area (Å²) in [7, 11) is 1.85. The molecule has 1 aromatic rings. The lowest BCUT2D eigenvalue weighted by Crippen LogP contribution is -2.33. The molecule has 0 saturated carbocycles. The van der Waals surface area contributed by atoms with E-state index in [9.17, 15) is 4.79 Å². The number of nitrogens with one attached hydrogen (secondary N) is 1. The van der Waals surface area contributed by atoms with Gasteiger partial charge in [0, 0.05) is 12.1 Å². The van der Waals surface area contributed by atoms with Crippen LogP contribution in [-0.4, -0.2) is 13.0 Å². The summed E-state index contributed by atoms with van der Waals surface area (Å²) in [6.45, 7) is 1.83. The van der Waals surface area contributed by atoms with Crippen molar-refractivity contribution in [2.45, 2.75) is 6.92 Å². The van der Waals surface area contributed by atoms with Gasteiger partial charge in [-0.2, -0.15) is 0 Å². The van der Waals surface area contributed by atoms with Crippen LogP contribution in [0, 0.1) is 0 Å². The lowest BCUT2D eigenvalue weighted by atomic mass is 10.1. The molecule has 1 aliphatic rings. The van der Waals surface area contributed by atoms with Crippen molar-refractivity contribution in [2.24, 2.45) is 0 Å². The molecule has 0 fully saturated rings. The molecule has 0 unspecified atom stereocenters. The molecule has 15 heavy (non-hydrogen) atoms. The van der Waals surface area contributed by atoms with Gasteiger partial charge < -0.3 is 10.2 Å². The molecule has 1 amide bonds. The number of likely N-dealkylation sites (N-methyl/N-ethyl adjacent to an activating group) is 1. The van der Waals surface area contributed by atoms with Crippen molar-refractivity contribution in [3.05, 3.63) is 35.0 Å². The van der Waals surface area contributed by atoms with Crippen molar-refractivity contribution in [1.29, 1.82) is 0 Å². The van der Waals surface area contributed by atoms with Crippen molar-refractivity contribution < 1.29 is 4.79 Å². The number of anilines is 2. The summed E-state index contributed by atoms with van der Waals surface area (Å²) in [5.41, 5.74) is 2.33. The third kappa shape index (κ3) is 1.59. The lowest BCUT2D eigenvalue weighted by molar-refractivity contribution is -0.113. The Balaban J connectivity index is 2.56. The van der Waals surface area contributed by atoms with Crippen LogP contribution in [0.5, 0.6) is 0 Å². The molecule has 1 N–H and O–H groups in total. The maximum absolute atomic E-state index is 11.6. The van der Waals surface area contributed by atoms with E-state index in [0.29, 0.717) is 10.7 Å². The predicted octanol–water partition coefficient (Wildman–Crippen LogP) is 2.63. The molecule has 0 spiro atoms. The Morgan fingerprint density at radius 2 is 2.20 bits per heavy atom. The van der Waals surface area contributed by atoms with Gasteiger partial charge >= 0.3 is 0 Å². The first-order valence-corrected chi connectivity index (χ1v) is 5.02. The van der Waals surface area contributed by atoms with Crippen molar-refractivity contribution in [2.75, 3.05) is 17.3 Å². The van der Waals surface area contributed by atoms with Crippen molar-refractivity contribution >= 4 is 28.9 Å². The van der Waals surface area contributed by atoms with Crippen molar-refractivity contribution in [3.63, 3.8) is 0 Å². The van der Waals surface area contributed by atoms with E-state index in [-0.39, 0.29) is 5.91 Å². The fraction of sp³-hybridized carbons (Fsp3) is 0.182. The third-order valence-electron chi connectivity index (χ3n) is 2.44. The Kier molecular flexibility index (Phi) is 2.40. The van der Waals surface area contributed by atoms with Crippen molar-refractivity contribution in [1.82, 2.24) is 0 Å². The Labute approximate surface area is 93.3 Å². The van der Waals surface area contributed by atoms with Crippen LogP contribution in [0.3, 0.4) is 0 Å². The summed E-state index contributed by atoms with van der Waals surface area (Å²) in [5.74, 6) is -0.0881. The van der Waals surface area contributed by atoms with E-state index in [2.05, 4.69) is 5.32 Å². The number of rotatable bonds is 0. The van der Waals surface area contributed by atoms with Crippen LogP contribution < -0.4 is 10.2 Å². The van der Waals surface area contributed by atoms with Crippen molar-refractivity contribution in [3.8, 4) is 0 Å². The van der Waals surface area contributed by atoms with Gasteiger partial charge in [0.05, 0.1) is 11.4 Å². The molecule has 0 bridgehead atoms. The van der Waals surface area contributed by atoms with Gasteiger partial charge in [-0.05, 0) is 25.1 Å². The average molecular weight is 223 g/mol. The predicted molar refractivity (Wildman–Crippen MR) is 62.2 cm³/mol. The van der Waals surface area contributed by atoms with E-state index in [1.165, 1.54) is 0 Å². The summed E-state index contributed by atoms with van der Waals surface area (Å²) in [4.78, 5) is 13.5. The highest BCUT2D eigenvalue weighted by atomic mass is 35.5. The molecule has 1 heterocycles. The quantitative estimate of drug-likeness (QED) is 0.685. The van der Waals surface area contributed by atoms with Crippen LogP contribution in [-0.2, 0) is 4.79 Å². The van der Waals surface area contributed by atoms with Gasteiger partial charge in [-0.25, -0.2) is 0 Å². The number of hydrogen-bond acceptors (Lipinski definition) is 2. The van der Waals surface area contributed by atoms with E-state index in [1.54, 1.807) is 18.2 Å². The van der Waals surface area contributed by atoms with E-state index in [0.717, 1.165) is 11.4 Å². The lowest BCUT2D eigenvalue weighted by Gasteiger charge is -2.29. The highest BCUT2D eigenvalue weighted by Gasteiger charge is 2.23. The zero-order valence-electron chi connectivity index (χ0n) is 8.54. The highest BCUT2D eigenvalue weighted by Crippen LogP contribution is 2.34. The second kappa shape index (κ2) is 3.59. The number of hydrogen-bond donors (Lipinski definition) is 1. The number of halogens is 1. The number of fused-ring (bicyclic) bond motifs is 1. The van der Waals surface area contributed by atoms with Gasteiger partial charge in [-0.1, -0.05) is 17.7 Å². The molecule has 78 valence electrons. The van der Waals surface area contributed by atoms with Gasteiger partial charge in [0.2, 0.25) is 0 Å². The maximum atomic E-state index is 11.6. The molecule has 0 saturated heterocycles. The van der Waals surface area contributed by atoms with Gasteiger partial charge in [-0.3, -0.25) is 4.79 Å². The average Bonchev–Trinajstić information content (AvgIpc) is 2.20. The Morgan fingerprint density at radius 1 is 1.47 bits per heavy atom. The molecule has 0 radical (unpaired) electrons. The first-order chi connectivity index (χ1) is 7.13. The fourth-order valence-corrected chi connectivity index (χ4v) is 1.85. The SMILES string of the molecule is CC=C1C(=O)Nc2ccc(Cl)cc2N1C. The molecule has 3 nitrogen and oxygen atoms in total. The summed E-state index contributed by atoms with van der Waals surface area (Å²) in [6, 6.07) is 5.40. The maximum Gasteiger partial charge on any atom is 0.271 e. The van der Waals surface area contributed by atoms with E-state index in [1.807, 2.05) is 24.9 Å². The zero-order chi connectivity index (χ0) is 11.0. The van der Waals surface area contributed by atoms with Crippen LogP contribution >= 0.6 is 11.6 Å². The van der Waals surface area contributed by atoms with Crippen LogP contribution in [0.2, 0.25) is 5.02 Å². The molecule has 4 heteroatoms. The molecular formula is C11H11ClN2O. The molecule has 1 aliphatic heterocycles. The molecule has 1 aromatic carbocycles. The standard InChI is InChI=1S/C11H11ClN2O/c1-3-9-11(15)13-8-5-4-7(12)6-10(8)14(9)2/h3-6H,1-2H3,(H,13,15). The number of carbonyl (C=O) groups is 1. The molecule has 0 aromatic heterocycles. The fourth-order valence-electron chi connectivity index (χ4n) is 1.68. The summed E-state index contributed by atoms with van der Waals surface area (Å²) in [6.07, 6.45) is 1.78. The normalized spacial score (nSPS) is 17.7. The monoisotopic (exact) mass is 222 g/mol. The Bertz CT molecular complexity index is 454. The van der Waals surface area contributed by atoms with Gasteiger partial charge in [0.25, 0.3) is 5.91 Å². The first kappa shape index (κ1) is 10.1. The zero-order valence-corrected chi connectivity index (χ0v) is 9.30. The van der Waals surface area contributed by atoms with E-state index < -0.39 is 0 Å². The summed E-state index contributed by atoms with van der Waals surface area (Å²) >= 11 is 5.91. The summed E-state index contributed by atoms with van der Waals surface area (Å²) in [5, 5.41) is 3.47. The first-order valence-electron chi connectivity index (χ1n) is 4.64. The molecule has 0 atom stereocenters. The smallest absolute Gasteiger partial charge is 0.271 e. The molecule has 0 aliphatic carbocycles. The second-order valence-electron chi connectivity index (χ2n) is 3.35. The van der Waals surface area contributed by atoms with Crippen LogP contribution in [0.4, 0.5) is 11.4 Å². The third-order valence-corrected chi connectivity index (χ3v) is 2.67. The second-order valence-corrected chi connectivity index (χ2v) is 3.78. The van der Waals surface area contributed by atoms with Crippen LogP contribution in [0.1, 0.15) is 6.92 Å². The Hall–Kier alpha value is -1.48. The Morgan fingerprint density at radius 3 is 2.87 bits per heavy atom. The molecule has 2 rings (SSSR count). The van der Waals surface area contributed by atoms with Gasteiger partial charge in [0.1, 0.15) is 5.70 Å². The van der Waals surface area contributed by atoms with Crippen LogP contribution in [0.25, 0.3) is 0 Å². The van der Waals surface area contributed by atoms with Gasteiger partial charge in [-0.15, -0.1) is 0 Å². The van der Waals surface area contributed by atoms with Crippen LogP contribution in [0.15, 0.2) is 30.0 Å². The number of carbonyl (C=O) groups excluding carboxylic acids is 1. The minimum absolute atomic E-state index is 0.0881. The molecular weight excluding hydrogens is 212 g/mol. The number of allylic oxidation sites excluding steroid dienone is 1. The minimum atomic E-state index is -0.0881. The minimum Gasteiger partial charge on any atom is -0.339 e. The van der Waals surface area contributed by atoms with E-state index in [4.69, 9.17) is 11.6 Å². The number of amides is 1. The topological polar surface area (TPSA) is 32.3 Å².